The van der Waals surface area contributed by atoms with Gasteiger partial charge in [0.25, 0.3) is 5.91 Å². The lowest BCUT2D eigenvalue weighted by Gasteiger charge is -2.12. The van der Waals surface area contributed by atoms with Crippen LogP contribution in [0.2, 0.25) is 0 Å². The van der Waals surface area contributed by atoms with E-state index in [9.17, 15) is 9.59 Å². The van der Waals surface area contributed by atoms with E-state index in [1.807, 2.05) is 6.07 Å². The molecular formula is C20H19N3O4. The molecule has 0 unspecified atom stereocenters. The molecule has 0 spiro atoms. The first-order chi connectivity index (χ1) is 13.2. The van der Waals surface area contributed by atoms with Crippen LogP contribution in [0.4, 0.5) is 11.4 Å². The molecule has 3 aromatic rings. The van der Waals surface area contributed by atoms with Gasteiger partial charge in [-0.05, 0) is 43.3 Å². The second-order valence-corrected chi connectivity index (χ2v) is 5.58. The SMILES string of the molecule is CCOC(=O)c1ccccc1Nc1ccnc(C(=O)NCc2ccco2)c1. The highest BCUT2D eigenvalue weighted by Crippen LogP contribution is 2.22. The molecule has 7 heteroatoms. The lowest BCUT2D eigenvalue weighted by Crippen LogP contribution is -2.23. The Morgan fingerprint density at radius 2 is 2.00 bits per heavy atom. The summed E-state index contributed by atoms with van der Waals surface area (Å²) in [5, 5.41) is 5.88. The number of para-hydroxylation sites is 1. The summed E-state index contributed by atoms with van der Waals surface area (Å²) in [6.07, 6.45) is 3.07. The molecule has 0 saturated heterocycles. The largest absolute Gasteiger partial charge is 0.467 e. The summed E-state index contributed by atoms with van der Waals surface area (Å²) < 4.78 is 10.3. The molecule has 1 aromatic carbocycles. The number of ether oxygens (including phenoxy) is 1. The first-order valence-corrected chi connectivity index (χ1v) is 8.47. The fourth-order valence-electron chi connectivity index (χ4n) is 2.44. The summed E-state index contributed by atoms with van der Waals surface area (Å²) in [4.78, 5) is 28.5. The van der Waals surface area contributed by atoms with Crippen LogP contribution < -0.4 is 10.6 Å². The van der Waals surface area contributed by atoms with Crippen LogP contribution >= 0.6 is 0 Å². The van der Waals surface area contributed by atoms with Crippen LogP contribution in [-0.2, 0) is 11.3 Å². The van der Waals surface area contributed by atoms with Gasteiger partial charge in [-0.25, -0.2) is 4.79 Å². The number of hydrogen-bond donors (Lipinski definition) is 2. The lowest BCUT2D eigenvalue weighted by molar-refractivity contribution is 0.0527. The summed E-state index contributed by atoms with van der Waals surface area (Å²) in [5.74, 6) is -0.0826. The maximum absolute atomic E-state index is 12.3. The normalized spacial score (nSPS) is 10.3. The van der Waals surface area contributed by atoms with E-state index in [4.69, 9.17) is 9.15 Å². The van der Waals surface area contributed by atoms with E-state index in [1.54, 1.807) is 55.7 Å². The van der Waals surface area contributed by atoms with Crippen molar-refractivity contribution in [3.05, 3.63) is 78.0 Å². The zero-order chi connectivity index (χ0) is 19.1. The number of anilines is 2. The number of aromatic nitrogens is 1. The molecule has 27 heavy (non-hydrogen) atoms. The third-order valence-electron chi connectivity index (χ3n) is 3.70. The number of furan rings is 1. The third-order valence-corrected chi connectivity index (χ3v) is 3.70. The number of carbonyl (C=O) groups excluding carboxylic acids is 2. The van der Waals surface area contributed by atoms with E-state index < -0.39 is 5.97 Å². The quantitative estimate of drug-likeness (QED) is 0.622. The standard InChI is InChI=1S/C20H19N3O4/c1-2-26-20(25)16-7-3-4-8-17(16)23-14-9-10-21-18(12-14)19(24)22-13-15-6-5-11-27-15/h3-12H,2,13H2,1H3,(H,21,23)(H,22,24). The molecule has 7 nitrogen and oxygen atoms in total. The Balaban J connectivity index is 1.73. The molecule has 0 aliphatic rings. The second-order valence-electron chi connectivity index (χ2n) is 5.58. The molecule has 0 saturated carbocycles. The molecule has 138 valence electrons. The van der Waals surface area contributed by atoms with Crippen LogP contribution in [0.15, 0.2) is 65.4 Å². The molecule has 0 radical (unpaired) electrons. The molecule has 0 aliphatic carbocycles. The number of pyridine rings is 1. The van der Waals surface area contributed by atoms with Crippen LogP contribution in [-0.4, -0.2) is 23.5 Å². The molecule has 0 bridgehead atoms. The van der Waals surface area contributed by atoms with Crippen molar-refractivity contribution in [2.75, 3.05) is 11.9 Å². The third kappa shape index (κ3) is 4.72. The molecule has 2 heterocycles. The lowest BCUT2D eigenvalue weighted by atomic mass is 10.1. The van der Waals surface area contributed by atoms with E-state index in [-0.39, 0.29) is 18.1 Å². The van der Waals surface area contributed by atoms with Crippen LogP contribution in [0, 0.1) is 0 Å². The van der Waals surface area contributed by atoms with Gasteiger partial charge in [-0.2, -0.15) is 0 Å². The predicted octanol–water partition coefficient (Wildman–Crippen LogP) is 3.52. The Labute approximate surface area is 156 Å². The molecule has 1 amide bonds. The summed E-state index contributed by atoms with van der Waals surface area (Å²) in [6, 6.07) is 13.9. The summed E-state index contributed by atoms with van der Waals surface area (Å²) >= 11 is 0. The molecule has 0 aliphatic heterocycles. The number of benzene rings is 1. The van der Waals surface area contributed by atoms with Crippen molar-refractivity contribution < 1.29 is 18.7 Å². The Morgan fingerprint density at radius 3 is 2.78 bits per heavy atom. The highest BCUT2D eigenvalue weighted by Gasteiger charge is 2.13. The predicted molar refractivity (Wildman–Crippen MR) is 99.8 cm³/mol. The van der Waals surface area contributed by atoms with Crippen molar-refractivity contribution in [3.63, 3.8) is 0 Å². The van der Waals surface area contributed by atoms with Gasteiger partial charge in [0.1, 0.15) is 11.5 Å². The van der Waals surface area contributed by atoms with Gasteiger partial charge in [-0.3, -0.25) is 9.78 Å². The van der Waals surface area contributed by atoms with Crippen molar-refractivity contribution in [3.8, 4) is 0 Å². The molecular weight excluding hydrogens is 346 g/mol. The van der Waals surface area contributed by atoms with Gasteiger partial charge in [-0.1, -0.05) is 12.1 Å². The van der Waals surface area contributed by atoms with Crippen molar-refractivity contribution in [1.29, 1.82) is 0 Å². The Hall–Kier alpha value is -3.61. The first kappa shape index (κ1) is 18.2. The average molecular weight is 365 g/mol. The zero-order valence-corrected chi connectivity index (χ0v) is 14.8. The van der Waals surface area contributed by atoms with Crippen molar-refractivity contribution in [2.45, 2.75) is 13.5 Å². The van der Waals surface area contributed by atoms with Crippen LogP contribution in [0.1, 0.15) is 33.5 Å². The number of nitrogens with zero attached hydrogens (tertiary/aromatic N) is 1. The van der Waals surface area contributed by atoms with Gasteiger partial charge in [0, 0.05) is 11.9 Å². The molecule has 3 rings (SSSR count). The van der Waals surface area contributed by atoms with Crippen LogP contribution in [0.25, 0.3) is 0 Å². The molecule has 2 aromatic heterocycles. The topological polar surface area (TPSA) is 93.5 Å². The number of carbonyl (C=O) groups is 2. The number of rotatable bonds is 7. The van der Waals surface area contributed by atoms with Crippen LogP contribution in [0.5, 0.6) is 0 Å². The van der Waals surface area contributed by atoms with E-state index in [1.165, 1.54) is 6.20 Å². The number of nitrogens with one attached hydrogen (secondary N) is 2. The monoisotopic (exact) mass is 365 g/mol. The Kier molecular flexibility index (Phi) is 5.84. The molecule has 2 N–H and O–H groups in total. The molecule has 0 atom stereocenters. The summed E-state index contributed by atoms with van der Waals surface area (Å²) in [5.41, 5.74) is 1.88. The number of esters is 1. The van der Waals surface area contributed by atoms with E-state index in [2.05, 4.69) is 15.6 Å². The van der Waals surface area contributed by atoms with E-state index >= 15 is 0 Å². The first-order valence-electron chi connectivity index (χ1n) is 8.47. The van der Waals surface area contributed by atoms with E-state index in [0.29, 0.717) is 29.3 Å². The number of hydrogen-bond acceptors (Lipinski definition) is 6. The van der Waals surface area contributed by atoms with Crippen molar-refractivity contribution in [1.82, 2.24) is 10.3 Å². The van der Waals surface area contributed by atoms with Gasteiger partial charge >= 0.3 is 5.97 Å². The fraction of sp³-hybridized carbons (Fsp3) is 0.150. The smallest absolute Gasteiger partial charge is 0.340 e. The second kappa shape index (κ2) is 8.66. The van der Waals surface area contributed by atoms with Gasteiger partial charge in [0.2, 0.25) is 0 Å². The van der Waals surface area contributed by atoms with Crippen molar-refractivity contribution in [2.24, 2.45) is 0 Å². The summed E-state index contributed by atoms with van der Waals surface area (Å²) in [7, 11) is 0. The van der Waals surface area contributed by atoms with E-state index in [0.717, 1.165) is 0 Å². The van der Waals surface area contributed by atoms with Gasteiger partial charge < -0.3 is 19.8 Å². The fourth-order valence-corrected chi connectivity index (χ4v) is 2.44. The minimum atomic E-state index is -0.411. The van der Waals surface area contributed by atoms with Gasteiger partial charge in [0.05, 0.1) is 30.7 Å². The highest BCUT2D eigenvalue weighted by molar-refractivity contribution is 5.97. The maximum Gasteiger partial charge on any atom is 0.340 e. The van der Waals surface area contributed by atoms with Crippen molar-refractivity contribution >= 4 is 23.3 Å². The summed E-state index contributed by atoms with van der Waals surface area (Å²) in [6.45, 7) is 2.32. The number of amides is 1. The highest BCUT2D eigenvalue weighted by atomic mass is 16.5. The minimum absolute atomic E-state index is 0.250. The van der Waals surface area contributed by atoms with Gasteiger partial charge in [-0.15, -0.1) is 0 Å². The molecule has 0 fully saturated rings. The minimum Gasteiger partial charge on any atom is -0.467 e. The van der Waals surface area contributed by atoms with Crippen LogP contribution in [0.3, 0.4) is 0 Å². The average Bonchev–Trinajstić information content (AvgIpc) is 3.20. The Bertz CT molecular complexity index is 922. The maximum atomic E-state index is 12.3. The Morgan fingerprint density at radius 1 is 1.15 bits per heavy atom. The van der Waals surface area contributed by atoms with Gasteiger partial charge in [0.15, 0.2) is 0 Å². The zero-order valence-electron chi connectivity index (χ0n) is 14.8.